The molecule has 5 nitrogen and oxygen atoms in total. The fourth-order valence-electron chi connectivity index (χ4n) is 4.66. The Balaban J connectivity index is 1.70. The number of benzene rings is 2. The van der Waals surface area contributed by atoms with Crippen LogP contribution in [0.25, 0.3) is 33.6 Å². The van der Waals surface area contributed by atoms with Crippen molar-refractivity contribution in [1.82, 2.24) is 15.3 Å². The highest BCUT2D eigenvalue weighted by Crippen LogP contribution is 2.42. The van der Waals surface area contributed by atoms with Gasteiger partial charge in [0.25, 0.3) is 0 Å². The third-order valence-electron chi connectivity index (χ3n) is 7.06. The third kappa shape index (κ3) is 7.63. The van der Waals surface area contributed by atoms with E-state index in [4.69, 9.17) is 42.6 Å². The maximum Gasteiger partial charge on any atom is 0.218 e. The van der Waals surface area contributed by atoms with E-state index in [-0.39, 0.29) is 11.0 Å². The molecular formula is C35H41Cl2N3O2. The first kappa shape index (κ1) is 31.8. The Morgan fingerprint density at radius 3 is 1.55 bits per heavy atom. The van der Waals surface area contributed by atoms with E-state index in [0.717, 1.165) is 57.6 Å². The minimum absolute atomic E-state index is 0.0237. The molecule has 0 unspecified atom stereocenters. The molecule has 0 aliphatic heterocycles. The lowest BCUT2D eigenvalue weighted by atomic mass is 9.89. The van der Waals surface area contributed by atoms with Crippen molar-refractivity contribution in [3.05, 3.63) is 81.8 Å². The third-order valence-corrected chi connectivity index (χ3v) is 7.87. The number of rotatable bonds is 9. The second-order valence-corrected chi connectivity index (χ2v) is 13.5. The van der Waals surface area contributed by atoms with Crippen LogP contribution in [-0.2, 0) is 13.0 Å². The Bertz CT molecular complexity index is 1440. The molecule has 0 aliphatic carbocycles. The zero-order valence-corrected chi connectivity index (χ0v) is 27.4. The van der Waals surface area contributed by atoms with Crippen molar-refractivity contribution in [2.24, 2.45) is 5.41 Å². The summed E-state index contributed by atoms with van der Waals surface area (Å²) in [5.74, 6) is 1.19. The number of nitrogens with zero attached hydrogens (tertiary/aromatic N) is 2. The van der Waals surface area contributed by atoms with Gasteiger partial charge in [-0.05, 0) is 51.2 Å². The van der Waals surface area contributed by atoms with Gasteiger partial charge in [-0.1, -0.05) is 92.5 Å². The van der Waals surface area contributed by atoms with E-state index in [0.29, 0.717) is 28.3 Å². The molecule has 0 amide bonds. The molecule has 0 fully saturated rings. The monoisotopic (exact) mass is 605 g/mol. The van der Waals surface area contributed by atoms with Crippen molar-refractivity contribution in [2.45, 2.75) is 66.5 Å². The Morgan fingerprint density at radius 1 is 0.643 bits per heavy atom. The van der Waals surface area contributed by atoms with Crippen molar-refractivity contribution in [3.8, 4) is 45.4 Å². The van der Waals surface area contributed by atoms with Crippen molar-refractivity contribution in [2.75, 3.05) is 14.2 Å². The topological polar surface area (TPSA) is 56.3 Å². The molecule has 0 bridgehead atoms. The summed E-state index contributed by atoms with van der Waals surface area (Å²) in [6, 6.07) is 19.9. The van der Waals surface area contributed by atoms with Gasteiger partial charge in [-0.25, -0.2) is 9.97 Å². The molecule has 0 saturated heterocycles. The SMILES string of the molecule is COc1nc(-c2cccc(-c3cccc(-c4ccc(CNC(C)(C)C)c(OC)n4)c3Cl)c2Cl)ccc1CCC(C)(C)C. The fraction of sp³-hybridized carbons (Fsp3) is 0.371. The van der Waals surface area contributed by atoms with E-state index < -0.39 is 0 Å². The van der Waals surface area contributed by atoms with Crippen LogP contribution >= 0.6 is 23.2 Å². The molecule has 0 spiro atoms. The zero-order chi connectivity index (χ0) is 30.7. The number of ether oxygens (including phenoxy) is 2. The van der Waals surface area contributed by atoms with Crippen LogP contribution in [0.4, 0.5) is 0 Å². The van der Waals surface area contributed by atoms with E-state index in [1.807, 2.05) is 54.6 Å². The summed E-state index contributed by atoms with van der Waals surface area (Å²) in [5, 5.41) is 4.62. The van der Waals surface area contributed by atoms with Crippen molar-refractivity contribution < 1.29 is 9.47 Å². The molecule has 42 heavy (non-hydrogen) atoms. The summed E-state index contributed by atoms with van der Waals surface area (Å²) in [5.41, 5.74) is 6.98. The van der Waals surface area contributed by atoms with Crippen LogP contribution in [0.3, 0.4) is 0 Å². The van der Waals surface area contributed by atoms with E-state index >= 15 is 0 Å². The van der Waals surface area contributed by atoms with Gasteiger partial charge in [0.15, 0.2) is 0 Å². The molecule has 2 aromatic heterocycles. The highest BCUT2D eigenvalue weighted by molar-refractivity contribution is 6.39. The Morgan fingerprint density at radius 2 is 1.10 bits per heavy atom. The van der Waals surface area contributed by atoms with Gasteiger partial charge >= 0.3 is 0 Å². The fourth-order valence-corrected chi connectivity index (χ4v) is 5.31. The van der Waals surface area contributed by atoms with E-state index in [2.05, 4.69) is 52.9 Å². The molecule has 0 saturated carbocycles. The number of hydrogen-bond donors (Lipinski definition) is 1. The Hall–Kier alpha value is -3.12. The van der Waals surface area contributed by atoms with Gasteiger partial charge in [0.05, 0.1) is 35.7 Å². The quantitative estimate of drug-likeness (QED) is 0.206. The molecule has 4 rings (SSSR count). The van der Waals surface area contributed by atoms with Gasteiger partial charge in [0, 0.05) is 45.5 Å². The lowest BCUT2D eigenvalue weighted by Crippen LogP contribution is -2.35. The number of pyridine rings is 2. The first-order chi connectivity index (χ1) is 19.8. The number of aryl methyl sites for hydroxylation is 1. The molecule has 7 heteroatoms. The second-order valence-electron chi connectivity index (χ2n) is 12.7. The van der Waals surface area contributed by atoms with Gasteiger partial charge in [-0.15, -0.1) is 0 Å². The van der Waals surface area contributed by atoms with Crippen LogP contribution in [0, 0.1) is 5.41 Å². The van der Waals surface area contributed by atoms with Crippen LogP contribution in [-0.4, -0.2) is 29.7 Å². The van der Waals surface area contributed by atoms with Crippen molar-refractivity contribution >= 4 is 23.2 Å². The standard InChI is InChI=1S/C35H41Cl2N3O2/c1-34(2,3)20-19-22-15-17-28(39-32(22)41-7)26-13-9-11-24(30(26)36)25-12-10-14-27(31(25)37)29-18-16-23(33(40-29)42-8)21-38-35(4,5)6/h9-18,38H,19-21H2,1-8H3. The van der Waals surface area contributed by atoms with Crippen LogP contribution in [0.15, 0.2) is 60.7 Å². The number of halogens is 2. The van der Waals surface area contributed by atoms with Crippen molar-refractivity contribution in [1.29, 1.82) is 0 Å². The smallest absolute Gasteiger partial charge is 0.218 e. The number of hydrogen-bond acceptors (Lipinski definition) is 5. The predicted molar refractivity (Wildman–Crippen MR) is 176 cm³/mol. The summed E-state index contributed by atoms with van der Waals surface area (Å²) in [6.45, 7) is 13.7. The molecule has 0 aliphatic rings. The van der Waals surface area contributed by atoms with Gasteiger partial charge in [-0.2, -0.15) is 0 Å². The lowest BCUT2D eigenvalue weighted by Gasteiger charge is -2.21. The molecule has 2 aromatic carbocycles. The lowest BCUT2D eigenvalue weighted by molar-refractivity contribution is 0.364. The first-order valence-electron chi connectivity index (χ1n) is 14.2. The molecule has 222 valence electrons. The molecular weight excluding hydrogens is 565 g/mol. The van der Waals surface area contributed by atoms with Gasteiger partial charge in [-0.3, -0.25) is 0 Å². The highest BCUT2D eigenvalue weighted by Gasteiger charge is 2.19. The first-order valence-corrected chi connectivity index (χ1v) is 15.0. The highest BCUT2D eigenvalue weighted by atomic mass is 35.5. The maximum absolute atomic E-state index is 7.06. The summed E-state index contributed by atoms with van der Waals surface area (Å²) in [4.78, 5) is 9.63. The maximum atomic E-state index is 7.06. The average molecular weight is 607 g/mol. The second kappa shape index (κ2) is 13.0. The summed E-state index contributed by atoms with van der Waals surface area (Å²) >= 11 is 14.1. The normalized spacial score (nSPS) is 12.0. The van der Waals surface area contributed by atoms with E-state index in [1.165, 1.54) is 0 Å². The summed E-state index contributed by atoms with van der Waals surface area (Å²) in [7, 11) is 3.29. The van der Waals surface area contributed by atoms with Crippen LogP contribution in [0.2, 0.25) is 10.0 Å². The molecule has 0 radical (unpaired) electrons. The van der Waals surface area contributed by atoms with E-state index in [1.54, 1.807) is 14.2 Å². The summed E-state index contributed by atoms with van der Waals surface area (Å²) < 4.78 is 11.3. The Kier molecular flexibility index (Phi) is 9.87. The number of methoxy groups -OCH3 is 2. The van der Waals surface area contributed by atoms with Crippen LogP contribution in [0.5, 0.6) is 11.8 Å². The van der Waals surface area contributed by atoms with Gasteiger partial charge in [0.2, 0.25) is 11.8 Å². The van der Waals surface area contributed by atoms with Gasteiger partial charge in [0.1, 0.15) is 0 Å². The largest absolute Gasteiger partial charge is 0.481 e. The molecule has 4 aromatic rings. The van der Waals surface area contributed by atoms with Crippen LogP contribution in [0.1, 0.15) is 59.1 Å². The minimum atomic E-state index is -0.0237. The van der Waals surface area contributed by atoms with Crippen molar-refractivity contribution in [3.63, 3.8) is 0 Å². The Labute approximate surface area is 260 Å². The number of aromatic nitrogens is 2. The van der Waals surface area contributed by atoms with Gasteiger partial charge < -0.3 is 14.8 Å². The molecule has 2 heterocycles. The summed E-state index contributed by atoms with van der Waals surface area (Å²) in [6.07, 6.45) is 1.93. The zero-order valence-electron chi connectivity index (χ0n) is 25.9. The molecule has 1 N–H and O–H groups in total. The predicted octanol–water partition coefficient (Wildman–Crippen LogP) is 9.67. The minimum Gasteiger partial charge on any atom is -0.481 e. The van der Waals surface area contributed by atoms with E-state index in [9.17, 15) is 0 Å². The number of nitrogens with one attached hydrogen (secondary N) is 1. The average Bonchev–Trinajstić information content (AvgIpc) is 2.94. The van der Waals surface area contributed by atoms with Crippen LogP contribution < -0.4 is 14.8 Å². The molecule has 0 atom stereocenters.